The fraction of sp³-hybridized carbons (Fsp3) is 0.425. The van der Waals surface area contributed by atoms with Crippen molar-refractivity contribution in [2.75, 3.05) is 27.4 Å². The first kappa shape index (κ1) is 43.5. The summed E-state index contributed by atoms with van der Waals surface area (Å²) >= 11 is 0. The molecule has 1 N–H and O–H groups in total. The minimum Gasteiger partial charge on any atom is -0.497 e. The van der Waals surface area contributed by atoms with Crippen molar-refractivity contribution in [2.24, 2.45) is 0 Å². The van der Waals surface area contributed by atoms with E-state index in [1.54, 1.807) is 38.5 Å². The van der Waals surface area contributed by atoms with Gasteiger partial charge in [-0.15, -0.1) is 13.2 Å². The summed E-state index contributed by atoms with van der Waals surface area (Å²) in [7, 11) is 0.905. The molecule has 1 saturated heterocycles. The number of methoxy groups -OCH3 is 2. The fourth-order valence-electron chi connectivity index (χ4n) is 6.78. The number of H-pyrrole nitrogens is 1. The van der Waals surface area contributed by atoms with Gasteiger partial charge in [-0.2, -0.15) is 5.26 Å². The molecule has 3 aromatic carbocycles. The monoisotopic (exact) mass is 814 g/mol. The van der Waals surface area contributed by atoms with E-state index in [2.05, 4.69) is 4.98 Å². The third kappa shape index (κ3) is 10.3. The number of hydrogen-bond acceptors (Lipinski definition) is 11. The first-order valence-electron chi connectivity index (χ1n) is 18.2. The van der Waals surface area contributed by atoms with Crippen LogP contribution < -0.4 is 20.7 Å². The number of alkyl halides is 3. The molecule has 57 heavy (non-hydrogen) atoms. The Hall–Kier alpha value is -4.59. The van der Waals surface area contributed by atoms with Crippen LogP contribution in [-0.4, -0.2) is 78.4 Å². The minimum absolute atomic E-state index is 0.0128. The molecule has 4 aromatic rings. The molecule has 0 aliphatic carbocycles. The highest BCUT2D eigenvalue weighted by molar-refractivity contribution is 7.44. The second-order valence-corrected chi connectivity index (χ2v) is 14.9. The molecule has 1 aliphatic rings. The Labute approximate surface area is 329 Å². The van der Waals surface area contributed by atoms with E-state index >= 15 is 0 Å². The first-order chi connectivity index (χ1) is 27.2. The van der Waals surface area contributed by atoms with Gasteiger partial charge in [-0.3, -0.25) is 19.1 Å². The van der Waals surface area contributed by atoms with E-state index in [9.17, 15) is 28.0 Å². The highest BCUT2D eigenvalue weighted by Crippen LogP contribution is 2.52. The van der Waals surface area contributed by atoms with Crippen LogP contribution in [0.5, 0.6) is 11.5 Å². The molecular weight excluding hydrogens is 768 g/mol. The number of rotatable bonds is 18. The standard InChI is InChI=1S/C40H46F3N4O9P/c1-26(2)47(27(3)4)57(53-24-10-22-44)56-35-33(54-37(36(35)55-40(41,42)43)46-23-21-34(48)45-38(46)49)25-52-39(28-11-8-7-9-12-28,29-13-17-31(50-5)18-14-29)30-15-19-32(51-6)20-16-30/h7-9,11-21,23,26-27,33,35-37H,10,24-25H2,1-6H3,(H,45,48,49)/t33-,35+,36?,37-,57?/m1/s1. The molecule has 0 saturated carbocycles. The lowest BCUT2D eigenvalue weighted by Crippen LogP contribution is -2.45. The van der Waals surface area contributed by atoms with Gasteiger partial charge in [-0.25, -0.2) is 9.46 Å². The Morgan fingerprint density at radius 1 is 0.860 bits per heavy atom. The van der Waals surface area contributed by atoms with Crippen molar-refractivity contribution in [3.8, 4) is 17.6 Å². The van der Waals surface area contributed by atoms with Crippen LogP contribution in [0.25, 0.3) is 0 Å². The molecule has 2 unspecified atom stereocenters. The zero-order chi connectivity index (χ0) is 41.3. The largest absolute Gasteiger partial charge is 0.523 e. The van der Waals surface area contributed by atoms with Gasteiger partial charge in [0.25, 0.3) is 14.1 Å². The van der Waals surface area contributed by atoms with Gasteiger partial charge in [0, 0.05) is 24.3 Å². The Kier molecular flexibility index (Phi) is 14.7. The number of aromatic amines is 1. The summed E-state index contributed by atoms with van der Waals surface area (Å²) in [4.78, 5) is 27.3. The van der Waals surface area contributed by atoms with Crippen LogP contribution in [0.4, 0.5) is 13.2 Å². The number of nitrogens with one attached hydrogen (secondary N) is 1. The normalized spacial score (nSPS) is 19.2. The van der Waals surface area contributed by atoms with Gasteiger partial charge < -0.3 is 28.0 Å². The maximum atomic E-state index is 14.4. The van der Waals surface area contributed by atoms with Crippen molar-refractivity contribution in [2.45, 2.75) is 82.7 Å². The highest BCUT2D eigenvalue weighted by atomic mass is 31.2. The molecule has 1 aromatic heterocycles. The van der Waals surface area contributed by atoms with Gasteiger partial charge in [0.15, 0.2) is 6.23 Å². The zero-order valence-corrected chi connectivity index (χ0v) is 33.2. The van der Waals surface area contributed by atoms with Crippen molar-refractivity contribution in [1.82, 2.24) is 14.2 Å². The van der Waals surface area contributed by atoms with E-state index in [-0.39, 0.29) is 25.1 Å². The van der Waals surface area contributed by atoms with E-state index in [0.717, 1.165) is 16.8 Å². The number of aromatic nitrogens is 2. The van der Waals surface area contributed by atoms with Crippen LogP contribution in [-0.2, 0) is 28.9 Å². The number of ether oxygens (including phenoxy) is 5. The van der Waals surface area contributed by atoms with Gasteiger partial charge >= 0.3 is 12.1 Å². The van der Waals surface area contributed by atoms with Crippen LogP contribution in [0, 0.1) is 11.3 Å². The Morgan fingerprint density at radius 2 is 1.42 bits per heavy atom. The number of halogens is 3. The minimum atomic E-state index is -5.23. The summed E-state index contributed by atoms with van der Waals surface area (Å²) in [5.41, 5.74) is -1.27. The SMILES string of the molecule is COc1ccc(C(OC[C@H]2O[C@@H](n3ccc(=O)[nH]c3=O)C(OC(F)(F)F)[C@H]2OP(OCCC#N)N(C(C)C)C(C)C)(c2ccccc2)c2ccc(OC)cc2)cc1. The average Bonchev–Trinajstić information content (AvgIpc) is 3.50. The zero-order valence-electron chi connectivity index (χ0n) is 32.3. The summed E-state index contributed by atoms with van der Waals surface area (Å²) < 4.78 is 87.6. The Bertz CT molecular complexity index is 1990. The Morgan fingerprint density at radius 3 is 1.91 bits per heavy atom. The summed E-state index contributed by atoms with van der Waals surface area (Å²) in [6.07, 6.45) is -10.9. The smallest absolute Gasteiger partial charge is 0.497 e. The van der Waals surface area contributed by atoms with E-state index in [0.29, 0.717) is 28.2 Å². The maximum absolute atomic E-state index is 14.4. The predicted molar refractivity (Wildman–Crippen MR) is 205 cm³/mol. The van der Waals surface area contributed by atoms with Gasteiger partial charge in [0.05, 0.1) is 39.9 Å². The molecule has 13 nitrogen and oxygen atoms in total. The molecule has 2 heterocycles. The first-order valence-corrected chi connectivity index (χ1v) is 19.3. The third-order valence-corrected chi connectivity index (χ3v) is 11.3. The number of nitrogens with zero attached hydrogens (tertiary/aromatic N) is 3. The van der Waals surface area contributed by atoms with Crippen LogP contribution in [0.15, 0.2) is 101 Å². The number of hydrogen-bond donors (Lipinski definition) is 1. The molecular formula is C40H46F3N4O9P. The summed E-state index contributed by atoms with van der Waals surface area (Å²) in [6, 6.07) is 26.2. The highest BCUT2D eigenvalue weighted by Gasteiger charge is 2.55. The van der Waals surface area contributed by atoms with Crippen molar-refractivity contribution in [3.63, 3.8) is 0 Å². The maximum Gasteiger partial charge on any atom is 0.523 e. The number of benzene rings is 3. The molecule has 0 spiro atoms. The van der Waals surface area contributed by atoms with Crippen LogP contribution in [0.3, 0.4) is 0 Å². The van der Waals surface area contributed by atoms with Gasteiger partial charge in [0.2, 0.25) is 0 Å². The van der Waals surface area contributed by atoms with Crippen molar-refractivity contribution < 1.29 is 45.9 Å². The molecule has 0 bridgehead atoms. The van der Waals surface area contributed by atoms with E-state index in [1.807, 2.05) is 93.0 Å². The fourth-order valence-corrected chi connectivity index (χ4v) is 8.55. The second-order valence-electron chi connectivity index (χ2n) is 13.5. The van der Waals surface area contributed by atoms with E-state index in [4.69, 9.17) is 32.7 Å². The lowest BCUT2D eigenvalue weighted by molar-refractivity contribution is -0.355. The lowest BCUT2D eigenvalue weighted by Gasteiger charge is -2.39. The molecule has 1 fully saturated rings. The van der Waals surface area contributed by atoms with Gasteiger partial charge in [-0.1, -0.05) is 54.6 Å². The summed E-state index contributed by atoms with van der Waals surface area (Å²) in [5.74, 6) is 1.16. The van der Waals surface area contributed by atoms with E-state index < -0.39 is 62.9 Å². The number of nitriles is 1. The Balaban J connectivity index is 1.69. The average molecular weight is 815 g/mol. The second kappa shape index (κ2) is 19.2. The van der Waals surface area contributed by atoms with Gasteiger partial charge in [-0.05, 0) is 68.7 Å². The van der Waals surface area contributed by atoms with Crippen LogP contribution >= 0.6 is 8.53 Å². The lowest BCUT2D eigenvalue weighted by atomic mass is 9.80. The topological polar surface area (TPSA) is 147 Å². The molecule has 5 rings (SSSR count). The summed E-state index contributed by atoms with van der Waals surface area (Å²) in [6.45, 7) is 7.01. The van der Waals surface area contributed by atoms with Crippen molar-refractivity contribution >= 4 is 8.53 Å². The molecule has 0 amide bonds. The quantitative estimate of drug-likeness (QED) is 0.0628. The predicted octanol–water partition coefficient (Wildman–Crippen LogP) is 7.03. The molecule has 306 valence electrons. The molecule has 17 heteroatoms. The third-order valence-electron chi connectivity index (χ3n) is 9.19. The van der Waals surface area contributed by atoms with Gasteiger partial charge in [0.1, 0.15) is 35.4 Å². The van der Waals surface area contributed by atoms with Crippen molar-refractivity contribution in [3.05, 3.63) is 129 Å². The molecule has 1 aliphatic heterocycles. The van der Waals surface area contributed by atoms with Crippen molar-refractivity contribution in [1.29, 1.82) is 5.26 Å². The molecule has 5 atom stereocenters. The van der Waals surface area contributed by atoms with Crippen LogP contribution in [0.2, 0.25) is 0 Å². The van der Waals surface area contributed by atoms with Crippen LogP contribution in [0.1, 0.15) is 57.0 Å². The summed E-state index contributed by atoms with van der Waals surface area (Å²) in [5, 5.41) is 9.29. The molecule has 0 radical (unpaired) electrons. The van der Waals surface area contributed by atoms with E-state index in [1.165, 1.54) is 0 Å².